The molecule has 2 fully saturated rings. The van der Waals surface area contributed by atoms with Crippen LogP contribution in [-0.2, 0) is 4.79 Å². The van der Waals surface area contributed by atoms with Crippen LogP contribution in [0.1, 0.15) is 29.6 Å². The van der Waals surface area contributed by atoms with E-state index in [1.54, 1.807) is 0 Å². The van der Waals surface area contributed by atoms with Gasteiger partial charge in [-0.2, -0.15) is 0 Å². The molecule has 3 aromatic carbocycles. The normalized spacial score (nSPS) is 22.6. The molecule has 0 radical (unpaired) electrons. The van der Waals surface area contributed by atoms with Crippen LogP contribution in [0.2, 0.25) is 0 Å². The maximum absolute atomic E-state index is 13.7. The summed E-state index contributed by atoms with van der Waals surface area (Å²) in [4.78, 5) is 29.4. The van der Waals surface area contributed by atoms with Crippen LogP contribution >= 0.6 is 0 Å². The van der Waals surface area contributed by atoms with Crippen LogP contribution in [-0.4, -0.2) is 59.0 Å². The van der Waals surface area contributed by atoms with Gasteiger partial charge in [0, 0.05) is 25.7 Å². The van der Waals surface area contributed by atoms with Crippen LogP contribution in [0, 0.1) is 5.92 Å². The highest BCUT2D eigenvalue weighted by atomic mass is 16.4. The molecule has 5 rings (SSSR count). The van der Waals surface area contributed by atoms with E-state index >= 15 is 0 Å². The molecule has 0 aromatic heterocycles. The van der Waals surface area contributed by atoms with E-state index in [1.165, 1.54) is 0 Å². The van der Waals surface area contributed by atoms with E-state index in [2.05, 4.69) is 23.1 Å². The monoisotopic (exact) mass is 402 g/mol. The highest BCUT2D eigenvalue weighted by Crippen LogP contribution is 2.31. The molecular formula is C25H26N2O3. The Hall–Kier alpha value is -2.92. The molecule has 2 aliphatic rings. The van der Waals surface area contributed by atoms with Crippen LogP contribution in [0.4, 0.5) is 0 Å². The van der Waals surface area contributed by atoms with Crippen molar-refractivity contribution in [3.63, 3.8) is 0 Å². The molecule has 2 heterocycles. The standard InChI is InChI=1S/C25H26N2O3/c28-24(27-13-11-20(16-27)26-12-5-8-19(15-26)25(29)30)23-21-9-3-1-6-17(21)14-18-7-2-4-10-22(18)23/h1-4,6-7,9-10,14,19-20H,5,8,11-13,15-16H2,(H,29,30). The number of amides is 1. The summed E-state index contributed by atoms with van der Waals surface area (Å²) in [6.07, 6.45) is 2.57. The summed E-state index contributed by atoms with van der Waals surface area (Å²) >= 11 is 0. The van der Waals surface area contributed by atoms with Crippen LogP contribution in [0.15, 0.2) is 54.6 Å². The van der Waals surface area contributed by atoms with Gasteiger partial charge >= 0.3 is 5.97 Å². The zero-order valence-corrected chi connectivity index (χ0v) is 17.0. The molecule has 2 atom stereocenters. The third-order valence-electron chi connectivity index (χ3n) is 6.75. The Morgan fingerprint density at radius 1 is 0.867 bits per heavy atom. The zero-order valence-electron chi connectivity index (χ0n) is 17.0. The number of likely N-dealkylation sites (tertiary alicyclic amines) is 2. The minimum atomic E-state index is -0.701. The fourth-order valence-electron chi connectivity index (χ4n) is 5.17. The number of hydrogen-bond acceptors (Lipinski definition) is 3. The van der Waals surface area contributed by atoms with Crippen LogP contribution < -0.4 is 0 Å². The topological polar surface area (TPSA) is 60.9 Å². The van der Waals surface area contributed by atoms with Crippen LogP contribution in [0.3, 0.4) is 0 Å². The van der Waals surface area contributed by atoms with Gasteiger partial charge in [-0.1, -0.05) is 48.5 Å². The van der Waals surface area contributed by atoms with Gasteiger partial charge in [0.25, 0.3) is 5.91 Å². The van der Waals surface area contributed by atoms with Gasteiger partial charge in [-0.25, -0.2) is 0 Å². The zero-order chi connectivity index (χ0) is 20.7. The van der Waals surface area contributed by atoms with Crippen LogP contribution in [0.5, 0.6) is 0 Å². The molecule has 2 unspecified atom stereocenters. The van der Waals surface area contributed by atoms with Gasteiger partial charge in [-0.05, 0) is 53.4 Å². The molecule has 30 heavy (non-hydrogen) atoms. The Morgan fingerprint density at radius 3 is 2.20 bits per heavy atom. The van der Waals surface area contributed by atoms with E-state index in [4.69, 9.17) is 0 Å². The van der Waals surface area contributed by atoms with Crippen molar-refractivity contribution in [1.29, 1.82) is 0 Å². The number of aliphatic carboxylic acids is 1. The van der Waals surface area contributed by atoms with Crippen molar-refractivity contribution in [2.75, 3.05) is 26.2 Å². The minimum Gasteiger partial charge on any atom is -0.481 e. The lowest BCUT2D eigenvalue weighted by Gasteiger charge is -2.35. The van der Waals surface area contributed by atoms with E-state index in [1.807, 2.05) is 41.3 Å². The molecule has 2 saturated heterocycles. The van der Waals surface area contributed by atoms with Gasteiger partial charge < -0.3 is 10.0 Å². The maximum Gasteiger partial charge on any atom is 0.307 e. The Bertz CT molecular complexity index is 1070. The van der Waals surface area contributed by atoms with Gasteiger partial charge in [0.2, 0.25) is 0 Å². The number of piperidine rings is 1. The Balaban J connectivity index is 1.44. The number of hydrogen-bond donors (Lipinski definition) is 1. The van der Waals surface area contributed by atoms with Crippen molar-refractivity contribution in [2.45, 2.75) is 25.3 Å². The summed E-state index contributed by atoms with van der Waals surface area (Å²) in [5, 5.41) is 13.5. The summed E-state index contributed by atoms with van der Waals surface area (Å²) in [5.41, 5.74) is 0.784. The number of benzene rings is 3. The van der Waals surface area contributed by atoms with Crippen molar-refractivity contribution in [3.05, 3.63) is 60.2 Å². The van der Waals surface area contributed by atoms with E-state index in [0.717, 1.165) is 59.5 Å². The second kappa shape index (κ2) is 7.73. The molecular weight excluding hydrogens is 376 g/mol. The first-order chi connectivity index (χ1) is 14.6. The molecule has 0 bridgehead atoms. The number of fused-ring (bicyclic) bond motifs is 2. The van der Waals surface area contributed by atoms with Crippen molar-refractivity contribution in [3.8, 4) is 0 Å². The summed E-state index contributed by atoms with van der Waals surface area (Å²) in [6, 6.07) is 18.6. The Kier molecular flexibility index (Phi) is 4.91. The first-order valence-corrected chi connectivity index (χ1v) is 10.8. The fourth-order valence-corrected chi connectivity index (χ4v) is 5.17. The number of carbonyl (C=O) groups is 2. The van der Waals surface area contributed by atoms with E-state index < -0.39 is 5.97 Å². The van der Waals surface area contributed by atoms with Gasteiger partial charge in [-0.3, -0.25) is 14.5 Å². The molecule has 5 heteroatoms. The number of nitrogens with zero attached hydrogens (tertiary/aromatic N) is 2. The molecule has 2 aliphatic heterocycles. The number of carbonyl (C=O) groups excluding carboxylic acids is 1. The quantitative estimate of drug-likeness (QED) is 0.673. The average molecular weight is 402 g/mol. The summed E-state index contributed by atoms with van der Waals surface area (Å²) in [6.45, 7) is 2.91. The van der Waals surface area contributed by atoms with Crippen LogP contribution in [0.25, 0.3) is 21.5 Å². The molecule has 1 amide bonds. The lowest BCUT2D eigenvalue weighted by Crippen LogP contribution is -2.46. The summed E-state index contributed by atoms with van der Waals surface area (Å²) in [5.74, 6) is -0.907. The molecule has 154 valence electrons. The van der Waals surface area contributed by atoms with Gasteiger partial charge in [0.1, 0.15) is 0 Å². The van der Waals surface area contributed by atoms with Gasteiger partial charge in [-0.15, -0.1) is 0 Å². The highest BCUT2D eigenvalue weighted by molar-refractivity contribution is 6.18. The summed E-state index contributed by atoms with van der Waals surface area (Å²) in [7, 11) is 0. The average Bonchev–Trinajstić information content (AvgIpc) is 3.27. The smallest absolute Gasteiger partial charge is 0.307 e. The lowest BCUT2D eigenvalue weighted by molar-refractivity contribution is -0.143. The molecule has 1 N–H and O–H groups in total. The second-order valence-corrected chi connectivity index (χ2v) is 8.56. The number of carboxylic acids is 1. The van der Waals surface area contributed by atoms with E-state index in [9.17, 15) is 14.7 Å². The van der Waals surface area contributed by atoms with Crippen molar-refractivity contribution < 1.29 is 14.7 Å². The lowest BCUT2D eigenvalue weighted by atomic mass is 9.96. The molecule has 5 nitrogen and oxygen atoms in total. The highest BCUT2D eigenvalue weighted by Gasteiger charge is 2.35. The Labute approximate surface area is 175 Å². The van der Waals surface area contributed by atoms with Crippen molar-refractivity contribution >= 4 is 33.4 Å². The third-order valence-corrected chi connectivity index (χ3v) is 6.75. The summed E-state index contributed by atoms with van der Waals surface area (Å²) < 4.78 is 0. The van der Waals surface area contributed by atoms with Crippen molar-refractivity contribution in [2.24, 2.45) is 5.92 Å². The van der Waals surface area contributed by atoms with Crippen molar-refractivity contribution in [1.82, 2.24) is 9.80 Å². The number of rotatable bonds is 3. The third kappa shape index (κ3) is 3.33. The van der Waals surface area contributed by atoms with Gasteiger partial charge in [0.05, 0.1) is 11.5 Å². The SMILES string of the molecule is O=C(O)C1CCCN(C2CCN(C(=O)c3c4ccccc4cc4ccccc34)C2)C1. The first-order valence-electron chi connectivity index (χ1n) is 10.8. The maximum atomic E-state index is 13.7. The molecule has 0 saturated carbocycles. The molecule has 0 spiro atoms. The fraction of sp³-hybridized carbons (Fsp3) is 0.360. The molecule has 3 aromatic rings. The second-order valence-electron chi connectivity index (χ2n) is 8.56. The van der Waals surface area contributed by atoms with E-state index in [0.29, 0.717) is 13.1 Å². The van der Waals surface area contributed by atoms with E-state index in [-0.39, 0.29) is 17.9 Å². The molecule has 0 aliphatic carbocycles. The number of carboxylic acid groups (broad SMARTS) is 1. The first kappa shape index (κ1) is 19.1. The minimum absolute atomic E-state index is 0.0808. The van der Waals surface area contributed by atoms with Gasteiger partial charge in [0.15, 0.2) is 0 Å². The Morgan fingerprint density at radius 2 is 1.53 bits per heavy atom. The predicted molar refractivity (Wildman–Crippen MR) is 118 cm³/mol. The predicted octanol–water partition coefficient (Wildman–Crippen LogP) is 4.00. The largest absolute Gasteiger partial charge is 0.481 e.